The van der Waals surface area contributed by atoms with Gasteiger partial charge in [0.2, 0.25) is 5.91 Å². The Bertz CT molecular complexity index is 587. The van der Waals surface area contributed by atoms with E-state index in [4.69, 9.17) is 4.74 Å². The molecule has 4 nitrogen and oxygen atoms in total. The lowest BCUT2D eigenvalue weighted by atomic mass is 9.70. The first kappa shape index (κ1) is 19.3. The summed E-state index contributed by atoms with van der Waals surface area (Å²) >= 11 is 0. The number of piperidine rings is 1. The van der Waals surface area contributed by atoms with E-state index < -0.39 is 24.1 Å². The van der Waals surface area contributed by atoms with Gasteiger partial charge in [-0.2, -0.15) is 0 Å². The monoisotopic (exact) mass is 382 g/mol. The molecule has 2 heterocycles. The molecule has 4 fully saturated rings. The molecule has 0 aromatic rings. The molecule has 7 atom stereocenters. The summed E-state index contributed by atoms with van der Waals surface area (Å²) in [6.45, 7) is 2.90. The molecule has 6 heteroatoms. The summed E-state index contributed by atoms with van der Waals surface area (Å²) in [5.74, 6) is 0.565. The molecule has 152 valence electrons. The standard InChI is InChI=1S/C21H32F2N2O2/c1-2-27-19-17(22)10-13(11-18(19)23)9-15-7-8-24-21(15)12-14-5-3-4-6-16(14)20(26)25-21/h9,13-14,16-19,24H,2-8,10-12H2,1H3,(H,25,26)/b15-9-/t13-,14-,16-,17?,18-,19?,21-/m0/s1. The maximum absolute atomic E-state index is 14.4. The van der Waals surface area contributed by atoms with Crippen LogP contribution in [0.2, 0.25) is 0 Å². The Labute approximate surface area is 160 Å². The Morgan fingerprint density at radius 3 is 2.70 bits per heavy atom. The number of hydrogen-bond donors (Lipinski definition) is 2. The van der Waals surface area contributed by atoms with Gasteiger partial charge < -0.3 is 10.1 Å². The molecule has 2 saturated carbocycles. The van der Waals surface area contributed by atoms with E-state index in [-0.39, 0.29) is 17.7 Å². The summed E-state index contributed by atoms with van der Waals surface area (Å²) in [6.07, 6.45) is 5.33. The van der Waals surface area contributed by atoms with Crippen molar-refractivity contribution in [3.05, 3.63) is 11.6 Å². The molecule has 27 heavy (non-hydrogen) atoms. The van der Waals surface area contributed by atoms with Gasteiger partial charge in [-0.15, -0.1) is 0 Å². The quantitative estimate of drug-likeness (QED) is 0.736. The highest BCUT2D eigenvalue weighted by atomic mass is 19.1. The van der Waals surface area contributed by atoms with Crippen LogP contribution in [0.4, 0.5) is 8.78 Å². The van der Waals surface area contributed by atoms with Gasteiger partial charge >= 0.3 is 0 Å². The van der Waals surface area contributed by atoms with E-state index in [0.717, 1.165) is 44.2 Å². The fraction of sp³-hybridized carbons (Fsp3) is 0.857. The molecule has 4 aliphatic rings. The van der Waals surface area contributed by atoms with E-state index in [2.05, 4.69) is 16.7 Å². The number of amides is 1. The van der Waals surface area contributed by atoms with E-state index in [9.17, 15) is 13.6 Å². The molecule has 2 N–H and O–H groups in total. The molecule has 4 rings (SSSR count). The zero-order valence-electron chi connectivity index (χ0n) is 16.2. The predicted octanol–water partition coefficient (Wildman–Crippen LogP) is 3.42. The van der Waals surface area contributed by atoms with E-state index in [1.54, 1.807) is 6.92 Å². The van der Waals surface area contributed by atoms with Crippen molar-refractivity contribution in [1.82, 2.24) is 10.6 Å². The van der Waals surface area contributed by atoms with Crippen molar-refractivity contribution in [2.75, 3.05) is 13.2 Å². The van der Waals surface area contributed by atoms with Gasteiger partial charge in [-0.3, -0.25) is 10.1 Å². The van der Waals surface area contributed by atoms with Crippen LogP contribution >= 0.6 is 0 Å². The smallest absolute Gasteiger partial charge is 0.225 e. The average molecular weight is 382 g/mol. The summed E-state index contributed by atoms with van der Waals surface area (Å²) in [4.78, 5) is 12.7. The van der Waals surface area contributed by atoms with E-state index in [1.807, 2.05) is 0 Å². The lowest BCUT2D eigenvalue weighted by Crippen LogP contribution is -2.63. The number of carbonyl (C=O) groups is 1. The number of halogens is 2. The molecule has 2 aliphatic heterocycles. The highest BCUT2D eigenvalue weighted by Crippen LogP contribution is 2.44. The summed E-state index contributed by atoms with van der Waals surface area (Å²) in [5, 5.41) is 6.77. The number of hydrogen-bond acceptors (Lipinski definition) is 3. The molecule has 0 bridgehead atoms. The SMILES string of the molecule is CCOC1C(F)C[C@H](/C=C2/CCN[C@]23C[C@@H]2CCCC[C@@H]2C(=O)N3)C[C@@H]1F. The molecule has 2 saturated heterocycles. The molecule has 1 spiro atoms. The van der Waals surface area contributed by atoms with Crippen LogP contribution in [0.15, 0.2) is 11.6 Å². The Kier molecular flexibility index (Phi) is 5.57. The molecule has 0 aromatic heterocycles. The van der Waals surface area contributed by atoms with E-state index in [1.165, 1.54) is 6.42 Å². The van der Waals surface area contributed by atoms with Gasteiger partial charge in [0.15, 0.2) is 0 Å². The second-order valence-corrected chi connectivity index (χ2v) is 8.80. The minimum atomic E-state index is -1.27. The third-order valence-corrected chi connectivity index (χ3v) is 7.08. The van der Waals surface area contributed by atoms with Crippen LogP contribution in [0, 0.1) is 17.8 Å². The lowest BCUT2D eigenvalue weighted by Gasteiger charge is -2.46. The molecule has 2 aliphatic carbocycles. The summed E-state index contributed by atoms with van der Waals surface area (Å²) in [7, 11) is 0. The molecule has 0 radical (unpaired) electrons. The highest BCUT2D eigenvalue weighted by Gasteiger charge is 2.49. The molecule has 1 amide bonds. The van der Waals surface area contributed by atoms with Gasteiger partial charge in [-0.05, 0) is 62.9 Å². The molecule has 0 aromatic carbocycles. The van der Waals surface area contributed by atoms with Crippen molar-refractivity contribution in [3.63, 3.8) is 0 Å². The van der Waals surface area contributed by atoms with Crippen LogP contribution in [-0.2, 0) is 9.53 Å². The number of ether oxygens (including phenoxy) is 1. The van der Waals surface area contributed by atoms with E-state index in [0.29, 0.717) is 25.4 Å². The third kappa shape index (κ3) is 3.67. The molecule has 2 unspecified atom stereocenters. The van der Waals surface area contributed by atoms with Gasteiger partial charge in [0.25, 0.3) is 0 Å². The van der Waals surface area contributed by atoms with Gasteiger partial charge in [-0.25, -0.2) is 8.78 Å². The topological polar surface area (TPSA) is 50.4 Å². The Hall–Kier alpha value is -1.01. The zero-order chi connectivity index (χ0) is 19.0. The molecular weight excluding hydrogens is 350 g/mol. The first-order valence-electron chi connectivity index (χ1n) is 10.7. The first-order valence-corrected chi connectivity index (χ1v) is 10.7. The number of fused-ring (bicyclic) bond motifs is 1. The number of carbonyl (C=O) groups excluding carboxylic acids is 1. The first-order chi connectivity index (χ1) is 13.0. The third-order valence-electron chi connectivity index (χ3n) is 7.08. The lowest BCUT2D eigenvalue weighted by molar-refractivity contribution is -0.134. The van der Waals surface area contributed by atoms with Crippen molar-refractivity contribution in [3.8, 4) is 0 Å². The number of rotatable bonds is 3. The van der Waals surface area contributed by atoms with Gasteiger partial charge in [-0.1, -0.05) is 18.9 Å². The number of alkyl halides is 2. The van der Waals surface area contributed by atoms with Crippen molar-refractivity contribution >= 4 is 5.91 Å². The zero-order valence-corrected chi connectivity index (χ0v) is 16.2. The van der Waals surface area contributed by atoms with Crippen LogP contribution in [0.3, 0.4) is 0 Å². The fourth-order valence-electron chi connectivity index (χ4n) is 5.83. The predicted molar refractivity (Wildman–Crippen MR) is 99.6 cm³/mol. The van der Waals surface area contributed by atoms with Crippen molar-refractivity contribution in [2.24, 2.45) is 17.8 Å². The minimum absolute atomic E-state index is 0.139. The Morgan fingerprint density at radius 2 is 1.96 bits per heavy atom. The van der Waals surface area contributed by atoms with Gasteiger partial charge in [0, 0.05) is 19.1 Å². The summed E-state index contributed by atoms with van der Waals surface area (Å²) in [6, 6.07) is 0. The summed E-state index contributed by atoms with van der Waals surface area (Å²) < 4.78 is 34.2. The summed E-state index contributed by atoms with van der Waals surface area (Å²) in [5.41, 5.74) is 0.628. The Balaban J connectivity index is 1.50. The Morgan fingerprint density at radius 1 is 1.22 bits per heavy atom. The maximum atomic E-state index is 14.4. The fourth-order valence-corrected chi connectivity index (χ4v) is 5.83. The van der Waals surface area contributed by atoms with Crippen LogP contribution in [0.5, 0.6) is 0 Å². The van der Waals surface area contributed by atoms with E-state index >= 15 is 0 Å². The van der Waals surface area contributed by atoms with Crippen LogP contribution in [0.25, 0.3) is 0 Å². The van der Waals surface area contributed by atoms with Crippen LogP contribution in [0.1, 0.15) is 58.3 Å². The second-order valence-electron chi connectivity index (χ2n) is 8.80. The van der Waals surface area contributed by atoms with Crippen molar-refractivity contribution < 1.29 is 18.3 Å². The average Bonchev–Trinajstić information content (AvgIpc) is 2.99. The highest BCUT2D eigenvalue weighted by molar-refractivity contribution is 5.81. The normalized spacial score (nSPS) is 46.5. The van der Waals surface area contributed by atoms with Crippen molar-refractivity contribution in [2.45, 2.75) is 82.4 Å². The largest absolute Gasteiger partial charge is 0.372 e. The molecular formula is C21H32F2N2O2. The maximum Gasteiger partial charge on any atom is 0.225 e. The number of allylic oxidation sites excluding steroid dienone is 1. The second kappa shape index (κ2) is 7.78. The van der Waals surface area contributed by atoms with Crippen LogP contribution in [-0.4, -0.2) is 43.2 Å². The van der Waals surface area contributed by atoms with Crippen molar-refractivity contribution in [1.29, 1.82) is 0 Å². The number of nitrogens with one attached hydrogen (secondary N) is 2. The minimum Gasteiger partial charge on any atom is -0.372 e. The van der Waals surface area contributed by atoms with Gasteiger partial charge in [0.05, 0.1) is 0 Å². The van der Waals surface area contributed by atoms with Crippen LogP contribution < -0.4 is 10.6 Å². The van der Waals surface area contributed by atoms with Gasteiger partial charge in [0.1, 0.15) is 24.1 Å².